The Kier molecular flexibility index (Phi) is 5.61. The van der Waals surface area contributed by atoms with Gasteiger partial charge in [0.1, 0.15) is 12.4 Å². The van der Waals surface area contributed by atoms with Gasteiger partial charge in [0.25, 0.3) is 6.43 Å². The summed E-state index contributed by atoms with van der Waals surface area (Å²) in [5.74, 6) is 0.825. The third-order valence-electron chi connectivity index (χ3n) is 5.92. The monoisotopic (exact) mass is 409 g/mol. The first-order chi connectivity index (χ1) is 13.5. The fraction of sp³-hybridized carbons (Fsp3) is 0.632. The molecule has 4 heterocycles. The van der Waals surface area contributed by atoms with E-state index in [0.717, 1.165) is 19.3 Å². The van der Waals surface area contributed by atoms with Crippen LogP contribution in [0.25, 0.3) is 0 Å². The molecular weight excluding hydrogens is 384 g/mol. The summed E-state index contributed by atoms with van der Waals surface area (Å²) < 4.78 is 28.2. The summed E-state index contributed by atoms with van der Waals surface area (Å²) >= 11 is 1.68. The van der Waals surface area contributed by atoms with E-state index < -0.39 is 12.5 Å². The number of likely N-dealkylation sites (tertiary alicyclic amines) is 1. The molecule has 4 rings (SSSR count). The summed E-state index contributed by atoms with van der Waals surface area (Å²) in [4.78, 5) is 20.0. The minimum atomic E-state index is -2.47. The van der Waals surface area contributed by atoms with Gasteiger partial charge in [0.05, 0.1) is 0 Å². The summed E-state index contributed by atoms with van der Waals surface area (Å²) in [7, 11) is 0. The number of fused-ring (bicyclic) bond motifs is 1. The smallest absolute Gasteiger partial charge is 0.260 e. The fourth-order valence-corrected chi connectivity index (χ4v) is 5.19. The number of hydrogen-bond donors (Lipinski definition) is 1. The normalized spacial score (nSPS) is 24.1. The van der Waals surface area contributed by atoms with E-state index >= 15 is 0 Å². The third-order valence-corrected chi connectivity index (χ3v) is 6.82. The molecule has 1 N–H and O–H groups in total. The van der Waals surface area contributed by atoms with Crippen molar-refractivity contribution in [3.63, 3.8) is 0 Å². The van der Waals surface area contributed by atoms with Crippen LogP contribution in [0.15, 0.2) is 23.8 Å². The van der Waals surface area contributed by atoms with E-state index in [0.29, 0.717) is 25.5 Å². The fourth-order valence-electron chi connectivity index (χ4n) is 4.35. The Hall–Kier alpha value is -2.03. The van der Waals surface area contributed by atoms with E-state index in [-0.39, 0.29) is 23.8 Å². The molecule has 6 nitrogen and oxygen atoms in total. The topological polar surface area (TPSA) is 63.1 Å². The molecule has 2 aromatic rings. The number of anilines is 1. The number of carbonyl (C=O) groups is 1. The Morgan fingerprint density at radius 1 is 1.39 bits per heavy atom. The van der Waals surface area contributed by atoms with Gasteiger partial charge in [0, 0.05) is 29.9 Å². The van der Waals surface area contributed by atoms with Crippen molar-refractivity contribution in [3.8, 4) is 0 Å². The molecule has 0 bridgehead atoms. The number of nitrogens with one attached hydrogen (secondary N) is 1. The van der Waals surface area contributed by atoms with E-state index in [1.165, 1.54) is 15.9 Å². The van der Waals surface area contributed by atoms with Gasteiger partial charge in [-0.1, -0.05) is 13.0 Å². The van der Waals surface area contributed by atoms with Crippen molar-refractivity contribution in [2.24, 2.45) is 11.8 Å². The number of thiophene rings is 1. The summed E-state index contributed by atoms with van der Waals surface area (Å²) in [6, 6.07) is 3.08. The van der Waals surface area contributed by atoms with E-state index in [9.17, 15) is 13.6 Å². The van der Waals surface area contributed by atoms with Crippen LogP contribution < -0.4 is 5.32 Å². The standard InChI is InChI=1S/C19H25F2N5OS/c1-12(9-14-3-2-8-28-14)18(27)25-6-4-13(5-7-25)15-10-16(17(20)21)26-19(24-15)22-11-23-26/h2-3,8,11-13,15-17H,4-7,9-10H2,1H3,(H,22,23,24)/t12?,15-,16+/m0/s1. The first kappa shape index (κ1) is 19.3. The lowest BCUT2D eigenvalue weighted by atomic mass is 9.84. The van der Waals surface area contributed by atoms with Crippen molar-refractivity contribution in [3.05, 3.63) is 28.7 Å². The number of aromatic nitrogens is 3. The Morgan fingerprint density at radius 3 is 2.86 bits per heavy atom. The van der Waals surface area contributed by atoms with Crippen LogP contribution in [0.5, 0.6) is 0 Å². The van der Waals surface area contributed by atoms with Crippen LogP contribution in [0, 0.1) is 11.8 Å². The minimum absolute atomic E-state index is 0.0372. The quantitative estimate of drug-likeness (QED) is 0.822. The molecule has 0 aromatic carbocycles. The third kappa shape index (κ3) is 3.90. The van der Waals surface area contributed by atoms with Gasteiger partial charge in [-0.25, -0.2) is 13.5 Å². The van der Waals surface area contributed by atoms with Crippen molar-refractivity contribution in [1.82, 2.24) is 19.7 Å². The van der Waals surface area contributed by atoms with E-state index in [2.05, 4.69) is 21.5 Å². The van der Waals surface area contributed by atoms with Crippen LogP contribution in [0.4, 0.5) is 14.7 Å². The zero-order valence-corrected chi connectivity index (χ0v) is 16.6. The first-order valence-corrected chi connectivity index (χ1v) is 10.7. The predicted octanol–water partition coefficient (Wildman–Crippen LogP) is 3.45. The van der Waals surface area contributed by atoms with Crippen LogP contribution >= 0.6 is 11.3 Å². The molecule has 3 atom stereocenters. The Morgan fingerprint density at radius 2 is 2.18 bits per heavy atom. The molecule has 1 unspecified atom stereocenters. The van der Waals surface area contributed by atoms with Crippen molar-refractivity contribution in [2.75, 3.05) is 18.4 Å². The maximum atomic E-state index is 13.5. The lowest BCUT2D eigenvalue weighted by molar-refractivity contribution is -0.136. The van der Waals surface area contributed by atoms with Crippen LogP contribution in [0.1, 0.15) is 37.1 Å². The number of hydrogen-bond acceptors (Lipinski definition) is 5. The second-order valence-electron chi connectivity index (χ2n) is 7.76. The number of nitrogens with zero attached hydrogens (tertiary/aromatic N) is 4. The average molecular weight is 410 g/mol. The van der Waals surface area contributed by atoms with Gasteiger partial charge in [-0.15, -0.1) is 11.3 Å². The molecular formula is C19H25F2N5OS. The summed E-state index contributed by atoms with van der Waals surface area (Å²) in [6.07, 6.45) is 1.59. The highest BCUT2D eigenvalue weighted by Crippen LogP contribution is 2.35. The zero-order chi connectivity index (χ0) is 19.7. The molecule has 9 heteroatoms. The largest absolute Gasteiger partial charge is 0.351 e. The lowest BCUT2D eigenvalue weighted by Gasteiger charge is -2.40. The number of alkyl halides is 2. The molecule has 1 fully saturated rings. The number of carbonyl (C=O) groups excluding carboxylic acids is 1. The highest BCUT2D eigenvalue weighted by molar-refractivity contribution is 7.09. The molecule has 0 spiro atoms. The van der Waals surface area contributed by atoms with E-state index in [1.807, 2.05) is 23.3 Å². The molecule has 2 aromatic heterocycles. The summed E-state index contributed by atoms with van der Waals surface area (Å²) in [5, 5.41) is 9.25. The Balaban J connectivity index is 1.33. The minimum Gasteiger partial charge on any atom is -0.351 e. The number of amides is 1. The second kappa shape index (κ2) is 8.14. The lowest BCUT2D eigenvalue weighted by Crippen LogP contribution is -2.47. The van der Waals surface area contributed by atoms with Crippen LogP contribution in [-0.2, 0) is 11.2 Å². The number of halogens is 2. The molecule has 1 amide bonds. The molecule has 0 radical (unpaired) electrons. The number of piperidine rings is 1. The van der Waals surface area contributed by atoms with Crippen molar-refractivity contribution in [1.29, 1.82) is 0 Å². The maximum Gasteiger partial charge on any atom is 0.260 e. The molecule has 0 aliphatic carbocycles. The van der Waals surface area contributed by atoms with Crippen LogP contribution in [-0.4, -0.2) is 51.1 Å². The molecule has 2 aliphatic rings. The van der Waals surface area contributed by atoms with Gasteiger partial charge in [0.2, 0.25) is 11.9 Å². The van der Waals surface area contributed by atoms with Gasteiger partial charge in [-0.05, 0) is 43.0 Å². The highest BCUT2D eigenvalue weighted by atomic mass is 32.1. The molecule has 1 saturated heterocycles. The maximum absolute atomic E-state index is 13.5. The van der Waals surface area contributed by atoms with Gasteiger partial charge in [-0.2, -0.15) is 10.1 Å². The van der Waals surface area contributed by atoms with Crippen LogP contribution in [0.3, 0.4) is 0 Å². The van der Waals surface area contributed by atoms with Crippen molar-refractivity contribution < 1.29 is 13.6 Å². The predicted molar refractivity (Wildman–Crippen MR) is 104 cm³/mol. The molecule has 0 saturated carbocycles. The van der Waals surface area contributed by atoms with Gasteiger partial charge < -0.3 is 10.2 Å². The van der Waals surface area contributed by atoms with Gasteiger partial charge in [-0.3, -0.25) is 4.79 Å². The average Bonchev–Trinajstić information content (AvgIpc) is 3.38. The van der Waals surface area contributed by atoms with Crippen molar-refractivity contribution >= 4 is 23.2 Å². The molecule has 152 valence electrons. The van der Waals surface area contributed by atoms with Crippen LogP contribution in [0.2, 0.25) is 0 Å². The Labute approximate surface area is 166 Å². The summed E-state index contributed by atoms with van der Waals surface area (Å²) in [6.45, 7) is 3.35. The second-order valence-corrected chi connectivity index (χ2v) is 8.80. The van der Waals surface area contributed by atoms with E-state index in [1.54, 1.807) is 11.3 Å². The van der Waals surface area contributed by atoms with Crippen molar-refractivity contribution in [2.45, 2.75) is 51.1 Å². The number of rotatable bonds is 5. The molecule has 28 heavy (non-hydrogen) atoms. The summed E-state index contributed by atoms with van der Waals surface area (Å²) in [5.41, 5.74) is 0. The zero-order valence-electron chi connectivity index (χ0n) is 15.8. The van der Waals surface area contributed by atoms with Gasteiger partial charge >= 0.3 is 0 Å². The van der Waals surface area contributed by atoms with E-state index in [4.69, 9.17) is 0 Å². The highest BCUT2D eigenvalue weighted by Gasteiger charge is 2.38. The molecule has 2 aliphatic heterocycles. The van der Waals surface area contributed by atoms with Gasteiger partial charge in [0.15, 0.2) is 0 Å². The SMILES string of the molecule is CC(Cc1cccs1)C(=O)N1CCC([C@@H]2C[C@H](C(F)F)n3ncnc3N2)CC1. The Bertz CT molecular complexity index is 788. The first-order valence-electron chi connectivity index (χ1n) is 9.78.